The van der Waals surface area contributed by atoms with Crippen molar-refractivity contribution in [2.45, 2.75) is 17.6 Å². The number of aromatic nitrogens is 4. The standard InChI is InChI=1S/C22H14F7N5O3S/c1-34-8-33-13-3-10(12(4-14(13)34)22(27,28)29)20-30-5-9(6-31-20)21(35)32-7-11-15(23)17(25)19(38(2,36)37)18(26)16(11)24/h3-6,8H,7H2,1-2H3,(H,32,35). The summed E-state index contributed by atoms with van der Waals surface area (Å²) >= 11 is 0. The van der Waals surface area contributed by atoms with E-state index in [-0.39, 0.29) is 16.6 Å². The second kappa shape index (κ2) is 9.34. The highest BCUT2D eigenvalue weighted by Crippen LogP contribution is 2.38. The third-order valence-electron chi connectivity index (χ3n) is 5.44. The van der Waals surface area contributed by atoms with Gasteiger partial charge in [0, 0.05) is 43.4 Å². The number of hydrogen-bond donors (Lipinski definition) is 1. The summed E-state index contributed by atoms with van der Waals surface area (Å²) < 4.78 is 122. The molecule has 1 N–H and O–H groups in total. The highest BCUT2D eigenvalue weighted by atomic mass is 32.2. The van der Waals surface area contributed by atoms with Crippen molar-refractivity contribution in [3.8, 4) is 11.4 Å². The van der Waals surface area contributed by atoms with Crippen LogP contribution in [0.25, 0.3) is 22.4 Å². The lowest BCUT2D eigenvalue weighted by molar-refractivity contribution is -0.137. The van der Waals surface area contributed by atoms with Gasteiger partial charge in [-0.15, -0.1) is 0 Å². The first-order valence-corrected chi connectivity index (χ1v) is 12.2. The van der Waals surface area contributed by atoms with Crippen LogP contribution in [0.5, 0.6) is 0 Å². The largest absolute Gasteiger partial charge is 0.417 e. The minimum Gasteiger partial charge on any atom is -0.348 e. The predicted octanol–water partition coefficient (Wildman–Crippen LogP) is 3.94. The Balaban J connectivity index is 1.61. The van der Waals surface area contributed by atoms with E-state index in [2.05, 4.69) is 15.0 Å². The van der Waals surface area contributed by atoms with Gasteiger partial charge in [-0.05, 0) is 12.1 Å². The molecule has 0 atom stereocenters. The minimum absolute atomic E-state index is 0.203. The van der Waals surface area contributed by atoms with E-state index < -0.39 is 79.1 Å². The van der Waals surface area contributed by atoms with E-state index in [0.29, 0.717) is 6.26 Å². The van der Waals surface area contributed by atoms with Gasteiger partial charge in [0.2, 0.25) is 0 Å². The lowest BCUT2D eigenvalue weighted by atomic mass is 10.0. The SMILES string of the molecule is Cn1cnc2cc(-c3ncc(C(=O)NCc4c(F)c(F)c(S(C)(=O)=O)c(F)c4F)cn3)c(C(F)(F)F)cc21. The van der Waals surface area contributed by atoms with E-state index in [9.17, 15) is 43.9 Å². The third-order valence-corrected chi connectivity index (χ3v) is 6.54. The van der Waals surface area contributed by atoms with Gasteiger partial charge in [0.25, 0.3) is 5.91 Å². The van der Waals surface area contributed by atoms with Gasteiger partial charge in [0.05, 0.1) is 28.5 Å². The van der Waals surface area contributed by atoms with E-state index in [4.69, 9.17) is 0 Å². The molecule has 8 nitrogen and oxygen atoms in total. The normalized spacial score (nSPS) is 12.2. The molecule has 16 heteroatoms. The summed E-state index contributed by atoms with van der Waals surface area (Å²) in [6.07, 6.45) is -1.44. The fourth-order valence-electron chi connectivity index (χ4n) is 3.59. The second-order valence-corrected chi connectivity index (χ2v) is 10.0. The van der Waals surface area contributed by atoms with Crippen LogP contribution in [0.3, 0.4) is 0 Å². The Kier molecular flexibility index (Phi) is 6.63. The zero-order valence-electron chi connectivity index (χ0n) is 19.2. The number of imidazole rings is 1. The molecule has 0 radical (unpaired) electrons. The first-order valence-electron chi connectivity index (χ1n) is 10.3. The van der Waals surface area contributed by atoms with Crippen LogP contribution in [-0.2, 0) is 29.6 Å². The maximum absolute atomic E-state index is 14.3. The van der Waals surface area contributed by atoms with Crippen molar-refractivity contribution in [1.29, 1.82) is 0 Å². The molecular weight excluding hydrogens is 547 g/mol. The Bertz CT molecular complexity index is 1670. The van der Waals surface area contributed by atoms with Crippen molar-refractivity contribution in [2.75, 3.05) is 6.26 Å². The lowest BCUT2D eigenvalue weighted by Gasteiger charge is -2.13. The van der Waals surface area contributed by atoms with Gasteiger partial charge in [0.1, 0.15) is 4.90 Å². The molecule has 2 aromatic heterocycles. The first kappa shape index (κ1) is 27.0. The van der Waals surface area contributed by atoms with Gasteiger partial charge in [-0.1, -0.05) is 0 Å². The summed E-state index contributed by atoms with van der Waals surface area (Å²) in [5.41, 5.74) is -2.71. The molecule has 200 valence electrons. The number of hydrogen-bond acceptors (Lipinski definition) is 6. The summed E-state index contributed by atoms with van der Waals surface area (Å²) in [6.45, 7) is -1.11. The van der Waals surface area contributed by atoms with Crippen LogP contribution in [0.2, 0.25) is 0 Å². The van der Waals surface area contributed by atoms with Gasteiger partial charge >= 0.3 is 6.18 Å². The van der Waals surface area contributed by atoms with E-state index in [1.807, 2.05) is 5.32 Å². The number of carbonyl (C=O) groups excluding carboxylic acids is 1. The number of aryl methyl sites for hydroxylation is 1. The number of carbonyl (C=O) groups is 1. The Hall–Kier alpha value is -4.08. The smallest absolute Gasteiger partial charge is 0.348 e. The Morgan fingerprint density at radius 3 is 2.08 bits per heavy atom. The molecule has 0 aliphatic heterocycles. The number of halogens is 7. The molecule has 2 aromatic carbocycles. The Morgan fingerprint density at radius 1 is 0.974 bits per heavy atom. The number of nitrogens with one attached hydrogen (secondary N) is 1. The van der Waals surface area contributed by atoms with Crippen LogP contribution in [0.15, 0.2) is 35.7 Å². The van der Waals surface area contributed by atoms with Crippen molar-refractivity contribution in [3.63, 3.8) is 0 Å². The average Bonchev–Trinajstić information content (AvgIpc) is 3.20. The topological polar surface area (TPSA) is 107 Å². The number of benzene rings is 2. The fraction of sp³-hybridized carbons (Fsp3) is 0.182. The fourth-order valence-corrected chi connectivity index (χ4v) is 4.42. The molecule has 0 spiro atoms. The zero-order chi connectivity index (χ0) is 28.2. The highest BCUT2D eigenvalue weighted by Gasteiger charge is 2.35. The molecule has 0 saturated carbocycles. The van der Waals surface area contributed by atoms with E-state index in [1.54, 1.807) is 0 Å². The number of nitrogens with zero attached hydrogens (tertiary/aromatic N) is 4. The van der Waals surface area contributed by atoms with Gasteiger partial charge in [0.15, 0.2) is 38.9 Å². The lowest BCUT2D eigenvalue weighted by Crippen LogP contribution is -2.25. The highest BCUT2D eigenvalue weighted by molar-refractivity contribution is 7.90. The monoisotopic (exact) mass is 561 g/mol. The van der Waals surface area contributed by atoms with Crippen LogP contribution >= 0.6 is 0 Å². The summed E-state index contributed by atoms with van der Waals surface area (Å²) in [5, 5.41) is 1.96. The van der Waals surface area contributed by atoms with Gasteiger partial charge in [-0.3, -0.25) is 4.79 Å². The van der Waals surface area contributed by atoms with Crippen LogP contribution in [0, 0.1) is 23.3 Å². The van der Waals surface area contributed by atoms with Crippen molar-refractivity contribution in [1.82, 2.24) is 24.8 Å². The van der Waals surface area contributed by atoms with Crippen molar-refractivity contribution in [3.05, 3.63) is 70.8 Å². The van der Waals surface area contributed by atoms with Crippen LogP contribution < -0.4 is 5.32 Å². The number of rotatable bonds is 5. The number of amides is 1. The van der Waals surface area contributed by atoms with Gasteiger partial charge < -0.3 is 9.88 Å². The molecule has 4 aromatic rings. The molecule has 0 aliphatic carbocycles. The molecule has 0 aliphatic rings. The molecular formula is C22H14F7N5O3S. The number of alkyl halides is 3. The Labute approximate surface area is 209 Å². The molecule has 2 heterocycles. The molecule has 0 unspecified atom stereocenters. The van der Waals surface area contributed by atoms with Crippen LogP contribution in [0.1, 0.15) is 21.5 Å². The first-order chi connectivity index (χ1) is 17.6. The van der Waals surface area contributed by atoms with E-state index in [0.717, 1.165) is 24.5 Å². The number of sulfone groups is 1. The molecule has 1 amide bonds. The van der Waals surface area contributed by atoms with Gasteiger partial charge in [-0.25, -0.2) is 40.9 Å². The van der Waals surface area contributed by atoms with Crippen molar-refractivity contribution in [2.24, 2.45) is 7.05 Å². The summed E-state index contributed by atoms with van der Waals surface area (Å²) in [4.78, 5) is 22.1. The molecule has 0 saturated heterocycles. The summed E-state index contributed by atoms with van der Waals surface area (Å²) in [5.74, 6) is -9.87. The number of fused-ring (bicyclic) bond motifs is 1. The summed E-state index contributed by atoms with van der Waals surface area (Å²) in [6, 6.07) is 2.00. The van der Waals surface area contributed by atoms with Crippen LogP contribution in [0.4, 0.5) is 30.7 Å². The average molecular weight is 561 g/mol. The van der Waals surface area contributed by atoms with E-state index >= 15 is 0 Å². The molecule has 0 bridgehead atoms. The van der Waals surface area contributed by atoms with E-state index in [1.165, 1.54) is 17.9 Å². The van der Waals surface area contributed by atoms with Crippen molar-refractivity contribution >= 4 is 26.8 Å². The maximum atomic E-state index is 14.3. The molecule has 4 rings (SSSR count). The van der Waals surface area contributed by atoms with Gasteiger partial charge in [-0.2, -0.15) is 13.2 Å². The second-order valence-electron chi connectivity index (χ2n) is 8.05. The van der Waals surface area contributed by atoms with Crippen molar-refractivity contribution < 1.29 is 43.9 Å². The van der Waals surface area contributed by atoms with Crippen LogP contribution in [-0.4, -0.2) is 40.1 Å². The third kappa shape index (κ3) is 4.78. The molecule has 38 heavy (non-hydrogen) atoms. The molecule has 0 fully saturated rings. The predicted molar refractivity (Wildman–Crippen MR) is 117 cm³/mol. The zero-order valence-corrected chi connectivity index (χ0v) is 20.0. The minimum atomic E-state index is -4.78. The maximum Gasteiger partial charge on any atom is 0.417 e. The summed E-state index contributed by atoms with van der Waals surface area (Å²) in [7, 11) is -3.15. The Morgan fingerprint density at radius 2 is 1.55 bits per heavy atom. The quantitative estimate of drug-likeness (QED) is 0.292.